The van der Waals surface area contributed by atoms with Crippen LogP contribution in [0.15, 0.2) is 97.0 Å². The van der Waals surface area contributed by atoms with Crippen LogP contribution >= 0.6 is 8.30 Å². The van der Waals surface area contributed by atoms with Crippen molar-refractivity contribution in [3.05, 3.63) is 108 Å². The maximum Gasteiger partial charge on any atom is 0.209 e. The Hall–Kier alpha value is -2.78. The summed E-state index contributed by atoms with van der Waals surface area (Å²) in [5.74, 6) is 1.88. The summed E-state index contributed by atoms with van der Waals surface area (Å²) in [5, 5.41) is 7.10. The average Bonchev–Trinajstić information content (AvgIpc) is 3.25. The summed E-state index contributed by atoms with van der Waals surface area (Å²) in [6.07, 6.45) is 10.9. The predicted molar refractivity (Wildman–Crippen MR) is 155 cm³/mol. The highest BCUT2D eigenvalue weighted by molar-refractivity contribution is 7.53. The van der Waals surface area contributed by atoms with Crippen LogP contribution in [0.3, 0.4) is 0 Å². The topological polar surface area (TPSA) is 36.3 Å². The molecule has 1 atom stereocenters. The van der Waals surface area contributed by atoms with Crippen molar-refractivity contribution in [2.75, 3.05) is 25.0 Å². The minimum atomic E-state index is -0.794. The third-order valence-electron chi connectivity index (χ3n) is 7.12. The van der Waals surface area contributed by atoms with E-state index in [1.165, 1.54) is 33.9 Å². The molecule has 0 amide bonds. The lowest BCUT2D eigenvalue weighted by Gasteiger charge is -2.19. The molecule has 0 saturated heterocycles. The number of rotatable bonds is 10. The Balaban J connectivity index is 1.53. The molecule has 2 heterocycles. The van der Waals surface area contributed by atoms with Gasteiger partial charge in [-0.2, -0.15) is 4.58 Å². The molecule has 1 unspecified atom stereocenters. The second-order valence-corrected chi connectivity index (χ2v) is 11.7. The first-order valence-electron chi connectivity index (χ1n) is 12.8. The van der Waals surface area contributed by atoms with Gasteiger partial charge in [0.25, 0.3) is 0 Å². The van der Waals surface area contributed by atoms with Crippen molar-refractivity contribution in [3.8, 4) is 0 Å². The lowest BCUT2D eigenvalue weighted by Crippen LogP contribution is -2.29. The summed E-state index contributed by atoms with van der Waals surface area (Å²) in [7, 11) is -0.794. The summed E-state index contributed by atoms with van der Waals surface area (Å²) in [4.78, 5) is 0. The second kappa shape index (κ2) is 11.1. The van der Waals surface area contributed by atoms with Crippen LogP contribution in [0.25, 0.3) is 0 Å². The first kappa shape index (κ1) is 26.3. The molecule has 5 heteroatoms. The van der Waals surface area contributed by atoms with Gasteiger partial charge in [-0.15, -0.1) is 0 Å². The number of anilines is 1. The summed E-state index contributed by atoms with van der Waals surface area (Å²) in [6.45, 7) is 17.5. The van der Waals surface area contributed by atoms with Gasteiger partial charge in [-0.3, -0.25) is 5.09 Å². The molecular weight excluding hydrogens is 461 g/mol. The molecule has 0 aromatic heterocycles. The number of fused-ring (bicyclic) bond motifs is 2. The fourth-order valence-electron chi connectivity index (χ4n) is 5.15. The first-order valence-corrected chi connectivity index (χ1v) is 14.1. The minimum absolute atomic E-state index is 0.0232. The van der Waals surface area contributed by atoms with Gasteiger partial charge < -0.3 is 9.84 Å². The normalized spacial score (nSPS) is 19.6. The number of benzene rings is 2. The maximum absolute atomic E-state index is 5.74. The Kier molecular flexibility index (Phi) is 8.10. The zero-order valence-corrected chi connectivity index (χ0v) is 23.1. The van der Waals surface area contributed by atoms with Crippen LogP contribution in [0.1, 0.15) is 45.7 Å². The molecule has 2 aromatic carbocycles. The van der Waals surface area contributed by atoms with E-state index in [0.717, 1.165) is 13.1 Å². The van der Waals surface area contributed by atoms with Gasteiger partial charge in [0, 0.05) is 41.1 Å². The molecule has 188 valence electrons. The quantitative estimate of drug-likeness (QED) is 0.201. The number of hydrogen-bond donors (Lipinski definition) is 2. The summed E-state index contributed by atoms with van der Waals surface area (Å²) >= 11 is 0. The van der Waals surface area contributed by atoms with Gasteiger partial charge in [0.05, 0.1) is 12.0 Å². The van der Waals surface area contributed by atoms with Crippen molar-refractivity contribution in [3.63, 3.8) is 0 Å². The lowest BCUT2D eigenvalue weighted by atomic mass is 9.81. The van der Waals surface area contributed by atoms with Gasteiger partial charge in [-0.05, 0) is 44.3 Å². The van der Waals surface area contributed by atoms with E-state index in [2.05, 4.69) is 128 Å². The maximum atomic E-state index is 5.74. The molecule has 0 saturated carbocycles. The van der Waals surface area contributed by atoms with E-state index in [1.807, 2.05) is 12.7 Å². The summed E-state index contributed by atoms with van der Waals surface area (Å²) in [6, 6.07) is 17.3. The van der Waals surface area contributed by atoms with Crippen molar-refractivity contribution in [2.24, 2.45) is 0 Å². The molecule has 36 heavy (non-hydrogen) atoms. The highest BCUT2D eigenvalue weighted by Crippen LogP contribution is 2.43. The van der Waals surface area contributed by atoms with Gasteiger partial charge in [0.1, 0.15) is 8.30 Å². The lowest BCUT2D eigenvalue weighted by molar-refractivity contribution is -0.435. The van der Waals surface area contributed by atoms with Crippen molar-refractivity contribution in [1.82, 2.24) is 5.09 Å². The monoisotopic (exact) mass is 500 g/mol. The molecule has 4 nitrogen and oxygen atoms in total. The van der Waals surface area contributed by atoms with Crippen molar-refractivity contribution < 1.29 is 9.10 Å². The Bertz CT molecular complexity index is 1240. The van der Waals surface area contributed by atoms with Crippen molar-refractivity contribution >= 4 is 25.4 Å². The Morgan fingerprint density at radius 1 is 0.972 bits per heavy atom. The number of nitrogens with one attached hydrogen (secondary N) is 2. The molecule has 0 fully saturated rings. The molecule has 2 aliphatic heterocycles. The van der Waals surface area contributed by atoms with Gasteiger partial charge in [0.2, 0.25) is 5.69 Å². The van der Waals surface area contributed by atoms with E-state index >= 15 is 0 Å². The second-order valence-electron chi connectivity index (χ2n) is 10.1. The van der Waals surface area contributed by atoms with Crippen LogP contribution in [-0.2, 0) is 15.4 Å². The fourth-order valence-corrected chi connectivity index (χ4v) is 6.08. The number of nitrogens with zero attached hydrogens (tertiary/aromatic N) is 1. The van der Waals surface area contributed by atoms with E-state index in [4.69, 9.17) is 4.52 Å². The fraction of sp³-hybridized carbons (Fsp3) is 0.323. The Morgan fingerprint density at radius 2 is 1.69 bits per heavy atom. The van der Waals surface area contributed by atoms with Crippen molar-refractivity contribution in [2.45, 2.75) is 45.4 Å². The van der Waals surface area contributed by atoms with Crippen LogP contribution in [-0.4, -0.2) is 30.0 Å². The molecule has 0 aliphatic carbocycles. The number of para-hydroxylation sites is 2. The third kappa shape index (κ3) is 5.18. The molecule has 0 spiro atoms. The summed E-state index contributed by atoms with van der Waals surface area (Å²) in [5.41, 5.74) is 7.61. The van der Waals surface area contributed by atoms with Crippen molar-refractivity contribution in [1.29, 1.82) is 0 Å². The smallest absolute Gasteiger partial charge is 0.209 e. The van der Waals surface area contributed by atoms with Gasteiger partial charge in [-0.25, -0.2) is 0 Å². The molecule has 4 rings (SSSR count). The molecule has 2 N–H and O–H groups in total. The largest absolute Gasteiger partial charge is 0.358 e. The van der Waals surface area contributed by atoms with Crippen LogP contribution in [0.4, 0.5) is 11.4 Å². The Labute approximate surface area is 218 Å². The van der Waals surface area contributed by atoms with Gasteiger partial charge in [0.15, 0.2) is 12.3 Å². The average molecular weight is 501 g/mol. The van der Waals surface area contributed by atoms with E-state index in [9.17, 15) is 0 Å². The molecule has 0 radical (unpaired) electrons. The summed E-state index contributed by atoms with van der Waals surface area (Å²) < 4.78 is 8.18. The van der Waals surface area contributed by atoms with Crippen LogP contribution in [0.2, 0.25) is 0 Å². The van der Waals surface area contributed by atoms with Crippen LogP contribution < -0.4 is 10.4 Å². The van der Waals surface area contributed by atoms with E-state index in [1.54, 1.807) is 0 Å². The highest BCUT2D eigenvalue weighted by Gasteiger charge is 2.43. The van der Waals surface area contributed by atoms with Crippen LogP contribution in [0, 0.1) is 0 Å². The third-order valence-corrected chi connectivity index (χ3v) is 8.52. The zero-order chi connectivity index (χ0) is 25.8. The molecule has 2 aliphatic rings. The number of hydrogen-bond acceptors (Lipinski definition) is 3. The Morgan fingerprint density at radius 3 is 2.42 bits per heavy atom. The molecular formula is C31H39N3OP+. The molecule has 0 bridgehead atoms. The van der Waals surface area contributed by atoms with E-state index in [-0.39, 0.29) is 10.8 Å². The first-order chi connectivity index (χ1) is 17.3. The van der Waals surface area contributed by atoms with Gasteiger partial charge >= 0.3 is 0 Å². The molecule has 2 aromatic rings. The van der Waals surface area contributed by atoms with Crippen LogP contribution in [0.5, 0.6) is 0 Å². The van der Waals surface area contributed by atoms with Gasteiger partial charge in [-0.1, -0.05) is 75.1 Å². The zero-order valence-electron chi connectivity index (χ0n) is 22.2. The number of allylic oxidation sites excluding steroid dienone is 6. The van der Waals surface area contributed by atoms with E-state index < -0.39 is 8.30 Å². The highest BCUT2D eigenvalue weighted by atomic mass is 31.2. The standard InChI is InChI=1S/C31H38N3OP/c1-7-35-36(8-2)32-22-23-34-27-19-15-13-17-25(27)31(5,6)29(34)21-11-9-10-20-28-30(3,4)24-16-12-14-18-26(24)33-28/h8-21,32H,2,7,22-23H2,1,3-6H3/p+1. The predicted octanol–water partition coefficient (Wildman–Crippen LogP) is 7.54. The van der Waals surface area contributed by atoms with E-state index in [0.29, 0.717) is 6.61 Å². The SMILES string of the molecule is C=CP(NCC[N+]1=C(/C=C/C=C/C=C2/Nc3ccccc3C2(C)C)C(C)(C)c2ccccc21)OCC. The minimum Gasteiger partial charge on any atom is -0.358 e.